The van der Waals surface area contributed by atoms with Gasteiger partial charge in [0.15, 0.2) is 0 Å². The molecule has 0 aliphatic rings. The topological polar surface area (TPSA) is 84.9 Å². The highest BCUT2D eigenvalue weighted by atomic mass is 16.5. The SMILES string of the molecule is CC=NC(/C=C(\O)c1ccc(OC)cc1)=C/C(N)=O. The van der Waals surface area contributed by atoms with Gasteiger partial charge in [-0.1, -0.05) is 0 Å². The molecule has 0 aliphatic carbocycles. The molecule has 0 atom stereocenters. The van der Waals surface area contributed by atoms with Crippen LogP contribution in [0, 0.1) is 0 Å². The van der Waals surface area contributed by atoms with E-state index in [1.165, 1.54) is 12.3 Å². The fraction of sp³-hybridized carbons (Fsp3) is 0.143. The molecule has 5 nitrogen and oxygen atoms in total. The minimum absolute atomic E-state index is 0.0132. The van der Waals surface area contributed by atoms with Crippen LogP contribution in [0.25, 0.3) is 5.76 Å². The van der Waals surface area contributed by atoms with Gasteiger partial charge in [0.1, 0.15) is 11.5 Å². The van der Waals surface area contributed by atoms with Crippen molar-refractivity contribution in [1.82, 2.24) is 0 Å². The van der Waals surface area contributed by atoms with E-state index in [0.29, 0.717) is 11.3 Å². The van der Waals surface area contributed by atoms with Crippen molar-refractivity contribution in [2.45, 2.75) is 6.92 Å². The Balaban J connectivity index is 3.04. The smallest absolute Gasteiger partial charge is 0.243 e. The van der Waals surface area contributed by atoms with Crippen LogP contribution in [0.2, 0.25) is 0 Å². The quantitative estimate of drug-likeness (QED) is 0.368. The Morgan fingerprint density at radius 2 is 1.95 bits per heavy atom. The molecule has 1 amide bonds. The number of allylic oxidation sites excluding steroid dienone is 1. The van der Waals surface area contributed by atoms with Crippen LogP contribution >= 0.6 is 0 Å². The molecule has 0 unspecified atom stereocenters. The molecule has 0 bridgehead atoms. The first-order valence-corrected chi connectivity index (χ1v) is 5.61. The number of nitrogens with two attached hydrogens (primary N) is 1. The van der Waals surface area contributed by atoms with Crippen LogP contribution in [-0.2, 0) is 4.79 Å². The van der Waals surface area contributed by atoms with E-state index < -0.39 is 5.91 Å². The summed E-state index contributed by atoms with van der Waals surface area (Å²) in [5.41, 5.74) is 5.93. The molecule has 0 saturated carbocycles. The second kappa shape index (κ2) is 7.00. The highest BCUT2D eigenvalue weighted by molar-refractivity contribution is 5.87. The maximum absolute atomic E-state index is 10.8. The molecule has 0 spiro atoms. The van der Waals surface area contributed by atoms with Gasteiger partial charge in [0.2, 0.25) is 5.91 Å². The van der Waals surface area contributed by atoms with Gasteiger partial charge in [0.25, 0.3) is 0 Å². The van der Waals surface area contributed by atoms with Crippen molar-refractivity contribution < 1.29 is 14.6 Å². The van der Waals surface area contributed by atoms with Crippen molar-refractivity contribution in [2.75, 3.05) is 7.11 Å². The summed E-state index contributed by atoms with van der Waals surface area (Å²) < 4.78 is 5.02. The van der Waals surface area contributed by atoms with E-state index in [1.54, 1.807) is 38.3 Å². The molecular weight excluding hydrogens is 244 g/mol. The van der Waals surface area contributed by atoms with Crippen LogP contribution in [0.15, 0.2) is 47.1 Å². The van der Waals surface area contributed by atoms with E-state index in [4.69, 9.17) is 10.5 Å². The summed E-state index contributed by atoms with van der Waals surface area (Å²) >= 11 is 0. The predicted molar refractivity (Wildman–Crippen MR) is 75.0 cm³/mol. The number of nitrogens with zero attached hydrogens (tertiary/aromatic N) is 1. The molecule has 0 aromatic heterocycles. The molecular formula is C14H16N2O3. The lowest BCUT2D eigenvalue weighted by Gasteiger charge is -2.03. The lowest BCUT2D eigenvalue weighted by Crippen LogP contribution is -2.06. The van der Waals surface area contributed by atoms with Gasteiger partial charge in [-0.15, -0.1) is 0 Å². The van der Waals surface area contributed by atoms with Crippen LogP contribution < -0.4 is 10.5 Å². The number of methoxy groups -OCH3 is 1. The molecule has 1 aromatic rings. The van der Waals surface area contributed by atoms with Gasteiger partial charge in [0, 0.05) is 23.9 Å². The summed E-state index contributed by atoms with van der Waals surface area (Å²) in [6.07, 6.45) is 4.01. The maximum atomic E-state index is 10.8. The third-order valence-corrected chi connectivity index (χ3v) is 2.24. The molecule has 0 saturated heterocycles. The summed E-state index contributed by atoms with van der Waals surface area (Å²) in [7, 11) is 1.56. The van der Waals surface area contributed by atoms with Crippen LogP contribution in [0.5, 0.6) is 5.75 Å². The molecule has 19 heavy (non-hydrogen) atoms. The van der Waals surface area contributed by atoms with Crippen LogP contribution in [0.1, 0.15) is 12.5 Å². The van der Waals surface area contributed by atoms with E-state index in [-0.39, 0.29) is 11.5 Å². The number of primary amides is 1. The Hall–Kier alpha value is -2.56. The maximum Gasteiger partial charge on any atom is 0.243 e. The lowest BCUT2D eigenvalue weighted by molar-refractivity contribution is -0.113. The normalized spacial score (nSPS) is 12.7. The van der Waals surface area contributed by atoms with E-state index in [0.717, 1.165) is 6.08 Å². The number of aliphatic hydroxyl groups is 1. The van der Waals surface area contributed by atoms with Crippen LogP contribution in [0.4, 0.5) is 0 Å². The second-order valence-corrected chi connectivity index (χ2v) is 3.62. The highest BCUT2D eigenvalue weighted by Gasteiger charge is 2.01. The number of benzene rings is 1. The fourth-order valence-corrected chi connectivity index (χ4v) is 1.40. The average Bonchev–Trinajstić information content (AvgIpc) is 2.38. The predicted octanol–water partition coefficient (Wildman–Crippen LogP) is 2.05. The van der Waals surface area contributed by atoms with Crippen molar-refractivity contribution in [3.05, 3.63) is 47.7 Å². The zero-order valence-corrected chi connectivity index (χ0v) is 10.8. The minimum Gasteiger partial charge on any atom is -0.507 e. The van der Waals surface area contributed by atoms with Gasteiger partial charge in [-0.2, -0.15) is 0 Å². The number of hydrogen-bond donors (Lipinski definition) is 2. The molecule has 1 aromatic carbocycles. The van der Waals surface area contributed by atoms with Crippen molar-refractivity contribution >= 4 is 17.9 Å². The second-order valence-electron chi connectivity index (χ2n) is 3.62. The van der Waals surface area contributed by atoms with Gasteiger partial charge in [-0.25, -0.2) is 0 Å². The van der Waals surface area contributed by atoms with Crippen molar-refractivity contribution in [3.63, 3.8) is 0 Å². The first-order chi connectivity index (χ1) is 9.06. The van der Waals surface area contributed by atoms with Crippen molar-refractivity contribution in [2.24, 2.45) is 10.7 Å². The third kappa shape index (κ3) is 4.67. The Labute approximate surface area is 111 Å². The average molecular weight is 260 g/mol. The summed E-state index contributed by atoms with van der Waals surface area (Å²) in [5.74, 6) is 0.0520. The van der Waals surface area contributed by atoms with E-state index in [1.807, 2.05) is 0 Å². The highest BCUT2D eigenvalue weighted by Crippen LogP contribution is 2.18. The fourth-order valence-electron chi connectivity index (χ4n) is 1.40. The summed E-state index contributed by atoms with van der Waals surface area (Å²) in [6, 6.07) is 6.84. The number of aliphatic hydroxyl groups excluding tert-OH is 1. The molecule has 5 heteroatoms. The van der Waals surface area contributed by atoms with E-state index >= 15 is 0 Å². The van der Waals surface area contributed by atoms with Gasteiger partial charge in [-0.3, -0.25) is 9.79 Å². The van der Waals surface area contributed by atoms with E-state index in [9.17, 15) is 9.90 Å². The van der Waals surface area contributed by atoms with E-state index in [2.05, 4.69) is 4.99 Å². The number of carbonyl (C=O) groups excluding carboxylic acids is 1. The number of amides is 1. The Kier molecular flexibility index (Phi) is 5.35. The summed E-state index contributed by atoms with van der Waals surface area (Å²) in [4.78, 5) is 14.8. The minimum atomic E-state index is -0.626. The first-order valence-electron chi connectivity index (χ1n) is 5.61. The lowest BCUT2D eigenvalue weighted by atomic mass is 10.1. The first kappa shape index (κ1) is 14.5. The Morgan fingerprint density at radius 1 is 1.32 bits per heavy atom. The largest absolute Gasteiger partial charge is 0.507 e. The van der Waals surface area contributed by atoms with Crippen molar-refractivity contribution in [3.8, 4) is 5.75 Å². The van der Waals surface area contributed by atoms with Gasteiger partial charge >= 0.3 is 0 Å². The standard InChI is InChI=1S/C14H16N2O3/c1-3-16-11(9-14(15)18)8-13(17)10-4-6-12(19-2)7-5-10/h3-9,17H,1-2H3,(H2,15,18)/b11-9+,13-8-,16-3?. The molecule has 0 aliphatic heterocycles. The Bertz CT molecular complexity index is 528. The number of aliphatic imine (C=N–C) groups is 1. The monoisotopic (exact) mass is 260 g/mol. The van der Waals surface area contributed by atoms with Crippen LogP contribution in [-0.4, -0.2) is 24.3 Å². The molecule has 0 heterocycles. The molecule has 0 fully saturated rings. The van der Waals surface area contributed by atoms with Crippen LogP contribution in [0.3, 0.4) is 0 Å². The van der Waals surface area contributed by atoms with Crippen molar-refractivity contribution in [1.29, 1.82) is 0 Å². The summed E-state index contributed by atoms with van der Waals surface area (Å²) in [6.45, 7) is 1.70. The summed E-state index contributed by atoms with van der Waals surface area (Å²) in [5, 5.41) is 9.95. The zero-order valence-electron chi connectivity index (χ0n) is 10.8. The Morgan fingerprint density at radius 3 is 2.42 bits per heavy atom. The molecule has 0 radical (unpaired) electrons. The van der Waals surface area contributed by atoms with Gasteiger partial charge < -0.3 is 15.6 Å². The number of rotatable bonds is 5. The van der Waals surface area contributed by atoms with Gasteiger partial charge in [0.05, 0.1) is 12.8 Å². The molecule has 100 valence electrons. The molecule has 3 N–H and O–H groups in total. The zero-order chi connectivity index (χ0) is 14.3. The number of hydrogen-bond acceptors (Lipinski definition) is 4. The number of carbonyl (C=O) groups is 1. The number of ether oxygens (including phenoxy) is 1. The molecule has 1 rings (SSSR count). The third-order valence-electron chi connectivity index (χ3n) is 2.24. The van der Waals surface area contributed by atoms with Gasteiger partial charge in [-0.05, 0) is 31.2 Å².